The van der Waals surface area contributed by atoms with Crippen molar-refractivity contribution in [1.29, 1.82) is 0 Å². The first-order valence-corrected chi connectivity index (χ1v) is 8.63. The fourth-order valence-corrected chi connectivity index (χ4v) is 5.33. The third-order valence-electron chi connectivity index (χ3n) is 5.49. The summed E-state index contributed by atoms with van der Waals surface area (Å²) in [7, 11) is -0.310. The molecule has 0 atom stereocenters. The van der Waals surface area contributed by atoms with Crippen LogP contribution in [0.25, 0.3) is 0 Å². The van der Waals surface area contributed by atoms with Crippen LogP contribution in [0, 0.1) is 17.8 Å². The third-order valence-corrected chi connectivity index (χ3v) is 5.78. The van der Waals surface area contributed by atoms with E-state index in [1.807, 2.05) is 30.5 Å². The molecular formula is C17H21NNaO2P. The molecule has 3 nitrogen and oxygen atoms in total. The molecule has 1 aromatic carbocycles. The molecular weight excluding hydrogens is 304 g/mol. The maximum absolute atomic E-state index is 10.5. The number of hydrogen-bond donors (Lipinski definition) is 0. The Balaban J connectivity index is 0.00000144. The molecule has 4 aliphatic carbocycles. The molecule has 0 radical (unpaired) electrons. The first kappa shape index (κ1) is 16.6. The van der Waals surface area contributed by atoms with Gasteiger partial charge in [0.25, 0.3) is 0 Å². The number of hydrogen-bond acceptors (Lipinski definition) is 3. The van der Waals surface area contributed by atoms with Crippen molar-refractivity contribution < 1.29 is 9.09 Å². The minimum atomic E-state index is -0.310. The van der Waals surface area contributed by atoms with Gasteiger partial charge in [0.15, 0.2) is 0 Å². The molecule has 0 heterocycles. The minimum absolute atomic E-state index is 0. The van der Waals surface area contributed by atoms with Crippen LogP contribution in [0.4, 0.5) is 0 Å². The molecule has 22 heavy (non-hydrogen) atoms. The molecule has 0 unspecified atom stereocenters. The van der Waals surface area contributed by atoms with Crippen LogP contribution in [0.1, 0.15) is 44.1 Å². The van der Waals surface area contributed by atoms with Crippen molar-refractivity contribution in [3.63, 3.8) is 0 Å². The van der Waals surface area contributed by atoms with Crippen molar-refractivity contribution >= 4 is 44.5 Å². The van der Waals surface area contributed by atoms with Crippen LogP contribution in [-0.2, 0) is 4.57 Å². The standard InChI is InChI=1S/C17H20NO2P.Na.H/c19-21-20-16-3-1-2-12(7-16)11-18-17-8-13-4-14(9-17)6-15(5-13)10-17;;/h1-3,7,11,13-15H,4-6,8-10H2;;. The van der Waals surface area contributed by atoms with Gasteiger partial charge in [0.1, 0.15) is 5.75 Å². The second-order valence-corrected chi connectivity index (χ2v) is 7.47. The van der Waals surface area contributed by atoms with Crippen LogP contribution in [0.5, 0.6) is 5.75 Å². The van der Waals surface area contributed by atoms with E-state index in [-0.39, 0.29) is 43.8 Å². The van der Waals surface area contributed by atoms with Gasteiger partial charge in [-0.2, -0.15) is 0 Å². The molecule has 0 saturated heterocycles. The first-order valence-electron chi connectivity index (χ1n) is 7.90. The Kier molecular flexibility index (Phi) is 5.09. The topological polar surface area (TPSA) is 38.7 Å². The van der Waals surface area contributed by atoms with Gasteiger partial charge in [-0.25, -0.2) is 4.57 Å². The number of rotatable bonds is 4. The van der Waals surface area contributed by atoms with E-state index in [1.54, 1.807) is 0 Å². The van der Waals surface area contributed by atoms with Gasteiger partial charge >= 0.3 is 38.2 Å². The van der Waals surface area contributed by atoms with Gasteiger partial charge in [-0.3, -0.25) is 4.99 Å². The summed E-state index contributed by atoms with van der Waals surface area (Å²) in [4.78, 5) is 5.03. The third kappa shape index (κ3) is 3.33. The van der Waals surface area contributed by atoms with Crippen LogP contribution in [0.15, 0.2) is 29.3 Å². The predicted octanol–water partition coefficient (Wildman–Crippen LogP) is 4.01. The van der Waals surface area contributed by atoms with E-state index in [0.717, 1.165) is 23.3 Å². The van der Waals surface area contributed by atoms with Crippen molar-refractivity contribution in [2.24, 2.45) is 22.7 Å². The number of nitrogens with zero attached hydrogens (tertiary/aromatic N) is 1. The molecule has 0 N–H and O–H groups in total. The summed E-state index contributed by atoms with van der Waals surface area (Å²) in [5, 5.41) is 0. The van der Waals surface area contributed by atoms with Crippen LogP contribution in [0.3, 0.4) is 0 Å². The Morgan fingerprint density at radius 1 is 1.14 bits per heavy atom. The molecule has 1 aromatic rings. The summed E-state index contributed by atoms with van der Waals surface area (Å²) in [5.41, 5.74) is 1.24. The summed E-state index contributed by atoms with van der Waals surface area (Å²) < 4.78 is 15.5. The second-order valence-electron chi connectivity index (χ2n) is 7.14. The molecule has 0 spiro atoms. The van der Waals surface area contributed by atoms with Crippen molar-refractivity contribution in [3.8, 4) is 5.75 Å². The summed E-state index contributed by atoms with van der Waals surface area (Å²) >= 11 is 0. The van der Waals surface area contributed by atoms with Gasteiger partial charge < -0.3 is 4.52 Å². The van der Waals surface area contributed by atoms with Gasteiger partial charge in [0.05, 0.1) is 5.54 Å². The van der Waals surface area contributed by atoms with Crippen LogP contribution in [-0.4, -0.2) is 41.3 Å². The molecule has 4 bridgehead atoms. The summed E-state index contributed by atoms with van der Waals surface area (Å²) in [6.07, 6.45) is 10.2. The molecule has 4 aliphatic rings. The van der Waals surface area contributed by atoms with Gasteiger partial charge in [-0.1, -0.05) is 12.1 Å². The SMILES string of the molecule is O=POc1cccc(C=NC23CC4CC(CC(C4)C2)C3)c1.[NaH]. The van der Waals surface area contributed by atoms with Crippen molar-refractivity contribution in [1.82, 2.24) is 0 Å². The van der Waals surface area contributed by atoms with E-state index in [0.29, 0.717) is 5.75 Å². The molecule has 4 saturated carbocycles. The quantitative estimate of drug-likeness (QED) is 0.476. The Labute approximate surface area is 155 Å². The number of benzene rings is 1. The van der Waals surface area contributed by atoms with Crippen LogP contribution >= 0.6 is 8.69 Å². The van der Waals surface area contributed by atoms with Gasteiger partial charge in [0, 0.05) is 6.21 Å². The monoisotopic (exact) mass is 325 g/mol. The van der Waals surface area contributed by atoms with Gasteiger partial charge in [0.2, 0.25) is 0 Å². The van der Waals surface area contributed by atoms with E-state index in [4.69, 9.17) is 9.52 Å². The van der Waals surface area contributed by atoms with E-state index in [9.17, 15) is 4.57 Å². The van der Waals surface area contributed by atoms with E-state index in [2.05, 4.69) is 0 Å². The zero-order valence-corrected chi connectivity index (χ0v) is 13.0. The van der Waals surface area contributed by atoms with Crippen LogP contribution in [0.2, 0.25) is 0 Å². The summed E-state index contributed by atoms with van der Waals surface area (Å²) in [5.74, 6) is 3.38. The van der Waals surface area contributed by atoms with E-state index >= 15 is 0 Å². The maximum atomic E-state index is 10.5. The van der Waals surface area contributed by atoms with Crippen molar-refractivity contribution in [2.45, 2.75) is 44.1 Å². The van der Waals surface area contributed by atoms with Gasteiger partial charge in [-0.15, -0.1) is 0 Å². The molecule has 5 rings (SSSR count). The van der Waals surface area contributed by atoms with Gasteiger partial charge in [-0.05, 0) is 74.0 Å². The summed E-state index contributed by atoms with van der Waals surface area (Å²) in [6.45, 7) is 0. The average molecular weight is 325 g/mol. The Bertz CT molecular complexity index is 554. The fraction of sp³-hybridized carbons (Fsp3) is 0.588. The fourth-order valence-electron chi connectivity index (χ4n) is 5.13. The second kappa shape index (κ2) is 6.73. The van der Waals surface area contributed by atoms with Crippen molar-refractivity contribution in [3.05, 3.63) is 29.8 Å². The Hall–Kier alpha value is -0.210. The molecule has 0 aliphatic heterocycles. The normalized spacial score (nSPS) is 35.7. The molecule has 5 heteroatoms. The Morgan fingerprint density at radius 3 is 2.36 bits per heavy atom. The zero-order chi connectivity index (χ0) is 14.3. The molecule has 4 fully saturated rings. The Morgan fingerprint density at radius 2 is 1.77 bits per heavy atom. The molecule has 0 amide bonds. The van der Waals surface area contributed by atoms with E-state index in [1.165, 1.54) is 38.5 Å². The average Bonchev–Trinajstić information content (AvgIpc) is 2.45. The zero-order valence-electron chi connectivity index (χ0n) is 12.1. The van der Waals surface area contributed by atoms with Crippen LogP contribution < -0.4 is 4.52 Å². The predicted molar refractivity (Wildman–Crippen MR) is 90.3 cm³/mol. The van der Waals surface area contributed by atoms with Crippen molar-refractivity contribution in [2.75, 3.05) is 0 Å². The number of aliphatic imine (C=N–C) groups is 1. The van der Waals surface area contributed by atoms with E-state index < -0.39 is 0 Å². The molecule has 112 valence electrons. The molecule has 0 aromatic heterocycles. The summed E-state index contributed by atoms with van der Waals surface area (Å²) in [6, 6.07) is 7.65. The first-order chi connectivity index (χ1) is 10.2.